The number of aliphatic hydroxyl groups is 1. The van der Waals surface area contributed by atoms with Crippen LogP contribution in [0.25, 0.3) is 0 Å². The van der Waals surface area contributed by atoms with Crippen molar-refractivity contribution in [1.29, 1.82) is 0 Å². The zero-order valence-corrected chi connectivity index (χ0v) is 15.8. The van der Waals surface area contributed by atoms with Crippen LogP contribution in [0.2, 0.25) is 0 Å². The summed E-state index contributed by atoms with van der Waals surface area (Å²) in [5, 5.41) is 9.42. The molecule has 3 aromatic rings. The number of aliphatic hydroxyl groups excluding tert-OH is 1. The summed E-state index contributed by atoms with van der Waals surface area (Å²) in [5.41, 5.74) is 2.93. The van der Waals surface area contributed by atoms with Gasteiger partial charge in [-0.3, -0.25) is 15.0 Å². The molecular formula is C22H25N5O. The SMILES string of the molecule is OCCN(/C=C/N(Cc1ccccn1)Cc1ccccn1)Cc1ccccn1. The first-order valence-electron chi connectivity index (χ1n) is 9.30. The lowest BCUT2D eigenvalue weighted by Gasteiger charge is -2.23. The minimum atomic E-state index is 0.0810. The van der Waals surface area contributed by atoms with Gasteiger partial charge in [0.1, 0.15) is 0 Å². The molecule has 0 radical (unpaired) electrons. The number of rotatable bonds is 10. The van der Waals surface area contributed by atoms with Crippen molar-refractivity contribution < 1.29 is 5.11 Å². The molecule has 6 heteroatoms. The highest BCUT2D eigenvalue weighted by Gasteiger charge is 2.07. The van der Waals surface area contributed by atoms with Gasteiger partial charge in [-0.05, 0) is 36.4 Å². The predicted octanol–water partition coefficient (Wildman–Crippen LogP) is 2.84. The summed E-state index contributed by atoms with van der Waals surface area (Å²) >= 11 is 0. The lowest BCUT2D eigenvalue weighted by Crippen LogP contribution is -2.24. The summed E-state index contributed by atoms with van der Waals surface area (Å²) in [7, 11) is 0. The van der Waals surface area contributed by atoms with Crippen LogP contribution in [0.3, 0.4) is 0 Å². The van der Waals surface area contributed by atoms with E-state index in [2.05, 4.69) is 19.9 Å². The third-order valence-electron chi connectivity index (χ3n) is 4.15. The van der Waals surface area contributed by atoms with E-state index in [-0.39, 0.29) is 6.61 Å². The van der Waals surface area contributed by atoms with Gasteiger partial charge in [0.25, 0.3) is 0 Å². The van der Waals surface area contributed by atoms with Gasteiger partial charge in [-0.1, -0.05) is 18.2 Å². The third-order valence-corrected chi connectivity index (χ3v) is 4.15. The average Bonchev–Trinajstić information content (AvgIpc) is 2.74. The van der Waals surface area contributed by atoms with Gasteiger partial charge >= 0.3 is 0 Å². The van der Waals surface area contributed by atoms with Crippen molar-refractivity contribution in [3.63, 3.8) is 0 Å². The molecule has 0 atom stereocenters. The molecule has 0 fully saturated rings. The van der Waals surface area contributed by atoms with E-state index >= 15 is 0 Å². The first kappa shape index (κ1) is 19.5. The summed E-state index contributed by atoms with van der Waals surface area (Å²) in [5.74, 6) is 0. The zero-order valence-electron chi connectivity index (χ0n) is 15.8. The summed E-state index contributed by atoms with van der Waals surface area (Å²) in [4.78, 5) is 17.4. The Bertz CT molecular complexity index is 786. The van der Waals surface area contributed by atoms with Crippen LogP contribution in [-0.4, -0.2) is 43.0 Å². The molecule has 3 heterocycles. The predicted molar refractivity (Wildman–Crippen MR) is 109 cm³/mol. The zero-order chi connectivity index (χ0) is 19.4. The van der Waals surface area contributed by atoms with Crippen LogP contribution in [0.4, 0.5) is 0 Å². The molecule has 0 unspecified atom stereocenters. The Labute approximate surface area is 165 Å². The second-order valence-electron chi connectivity index (χ2n) is 6.36. The first-order chi connectivity index (χ1) is 13.8. The van der Waals surface area contributed by atoms with E-state index in [0.717, 1.165) is 17.1 Å². The highest BCUT2D eigenvalue weighted by atomic mass is 16.3. The molecule has 0 saturated carbocycles. The fourth-order valence-corrected chi connectivity index (χ4v) is 2.78. The lowest BCUT2D eigenvalue weighted by atomic mass is 10.3. The van der Waals surface area contributed by atoms with Crippen molar-refractivity contribution in [1.82, 2.24) is 24.8 Å². The Morgan fingerprint density at radius 1 is 0.643 bits per heavy atom. The number of hydrogen-bond donors (Lipinski definition) is 1. The van der Waals surface area contributed by atoms with Crippen molar-refractivity contribution >= 4 is 0 Å². The van der Waals surface area contributed by atoms with E-state index in [1.165, 1.54) is 0 Å². The van der Waals surface area contributed by atoms with Crippen LogP contribution in [0.1, 0.15) is 17.1 Å². The van der Waals surface area contributed by atoms with Gasteiger partial charge in [0.05, 0.1) is 43.3 Å². The number of hydrogen-bond acceptors (Lipinski definition) is 6. The van der Waals surface area contributed by atoms with Gasteiger partial charge in [-0.15, -0.1) is 0 Å². The van der Waals surface area contributed by atoms with E-state index < -0.39 is 0 Å². The van der Waals surface area contributed by atoms with Crippen LogP contribution in [-0.2, 0) is 19.6 Å². The highest BCUT2D eigenvalue weighted by molar-refractivity contribution is 5.08. The van der Waals surface area contributed by atoms with Gasteiger partial charge in [0.2, 0.25) is 0 Å². The van der Waals surface area contributed by atoms with E-state index in [4.69, 9.17) is 0 Å². The minimum absolute atomic E-state index is 0.0810. The average molecular weight is 375 g/mol. The quantitative estimate of drug-likeness (QED) is 0.588. The van der Waals surface area contributed by atoms with Crippen LogP contribution in [0, 0.1) is 0 Å². The second kappa shape index (κ2) is 10.8. The van der Waals surface area contributed by atoms with Crippen molar-refractivity contribution in [2.75, 3.05) is 13.2 Å². The topological polar surface area (TPSA) is 65.4 Å². The maximum Gasteiger partial charge on any atom is 0.0606 e. The molecule has 0 aromatic carbocycles. The Kier molecular flexibility index (Phi) is 7.52. The standard InChI is InChI=1S/C22H25N5O/c28-16-15-26(17-20-7-1-4-10-23-20)13-14-27(18-21-8-2-5-11-24-21)19-22-9-3-6-12-25-22/h1-14,28H,15-19H2/b14-13+. The molecule has 6 nitrogen and oxygen atoms in total. The molecule has 28 heavy (non-hydrogen) atoms. The number of aromatic nitrogens is 3. The highest BCUT2D eigenvalue weighted by Crippen LogP contribution is 2.09. The lowest BCUT2D eigenvalue weighted by molar-refractivity contribution is 0.228. The molecular weight excluding hydrogens is 350 g/mol. The maximum atomic E-state index is 9.42. The molecule has 0 amide bonds. The van der Waals surface area contributed by atoms with Crippen molar-refractivity contribution in [3.8, 4) is 0 Å². The summed E-state index contributed by atoms with van der Waals surface area (Å²) in [6.45, 7) is 2.60. The second-order valence-corrected chi connectivity index (χ2v) is 6.36. The molecule has 3 rings (SSSR count). The third kappa shape index (κ3) is 6.48. The molecule has 0 aliphatic carbocycles. The van der Waals surface area contributed by atoms with Crippen LogP contribution < -0.4 is 0 Å². The van der Waals surface area contributed by atoms with Gasteiger partial charge in [0.15, 0.2) is 0 Å². The van der Waals surface area contributed by atoms with Gasteiger partial charge < -0.3 is 14.9 Å². The van der Waals surface area contributed by atoms with Gasteiger partial charge in [-0.2, -0.15) is 0 Å². The van der Waals surface area contributed by atoms with E-state index in [1.807, 2.05) is 71.9 Å². The Morgan fingerprint density at radius 2 is 1.07 bits per heavy atom. The van der Waals surface area contributed by atoms with Gasteiger partial charge in [0, 0.05) is 37.5 Å². The first-order valence-corrected chi connectivity index (χ1v) is 9.30. The van der Waals surface area contributed by atoms with Crippen LogP contribution in [0.15, 0.2) is 85.6 Å². The molecule has 0 aliphatic heterocycles. The molecule has 0 spiro atoms. The molecule has 0 saturated heterocycles. The van der Waals surface area contributed by atoms with E-state index in [0.29, 0.717) is 26.2 Å². The van der Waals surface area contributed by atoms with Gasteiger partial charge in [-0.25, -0.2) is 0 Å². The number of nitrogens with zero attached hydrogens (tertiary/aromatic N) is 5. The number of pyridine rings is 3. The summed E-state index contributed by atoms with van der Waals surface area (Å²) in [6.07, 6.45) is 9.41. The summed E-state index contributed by atoms with van der Waals surface area (Å²) in [6, 6.07) is 17.7. The molecule has 0 bridgehead atoms. The fraction of sp³-hybridized carbons (Fsp3) is 0.227. The fourth-order valence-electron chi connectivity index (χ4n) is 2.78. The van der Waals surface area contributed by atoms with Crippen LogP contribution in [0.5, 0.6) is 0 Å². The largest absolute Gasteiger partial charge is 0.395 e. The monoisotopic (exact) mass is 375 g/mol. The van der Waals surface area contributed by atoms with Crippen molar-refractivity contribution in [2.45, 2.75) is 19.6 Å². The van der Waals surface area contributed by atoms with Crippen molar-refractivity contribution in [2.24, 2.45) is 0 Å². The van der Waals surface area contributed by atoms with E-state index in [9.17, 15) is 5.11 Å². The van der Waals surface area contributed by atoms with E-state index in [1.54, 1.807) is 18.6 Å². The van der Waals surface area contributed by atoms with Crippen molar-refractivity contribution in [3.05, 3.63) is 103 Å². The van der Waals surface area contributed by atoms with Crippen LogP contribution >= 0.6 is 0 Å². The Balaban J connectivity index is 1.73. The molecule has 144 valence electrons. The minimum Gasteiger partial charge on any atom is -0.395 e. The smallest absolute Gasteiger partial charge is 0.0606 e. The molecule has 0 aliphatic rings. The molecule has 1 N–H and O–H groups in total. The molecule has 3 aromatic heterocycles. The maximum absolute atomic E-state index is 9.42. The summed E-state index contributed by atoms with van der Waals surface area (Å²) < 4.78 is 0. The Morgan fingerprint density at radius 3 is 1.46 bits per heavy atom. The normalized spacial score (nSPS) is 10.9. The Hall–Kier alpha value is -3.25.